The molecule has 0 unspecified atom stereocenters. The number of nitrogens with one attached hydrogen (secondary N) is 2. The van der Waals surface area contributed by atoms with Gasteiger partial charge >= 0.3 is 6.18 Å². The van der Waals surface area contributed by atoms with Gasteiger partial charge in [0.25, 0.3) is 0 Å². The molecule has 1 aliphatic carbocycles. The first-order chi connectivity index (χ1) is 18.7. The number of ether oxygens (including phenoxy) is 1. The van der Waals surface area contributed by atoms with Crippen LogP contribution < -0.4 is 10.6 Å². The zero-order valence-corrected chi connectivity index (χ0v) is 20.6. The van der Waals surface area contributed by atoms with Crippen LogP contribution in [0.4, 0.5) is 35.1 Å². The summed E-state index contributed by atoms with van der Waals surface area (Å²) in [4.78, 5) is 25.1. The van der Waals surface area contributed by atoms with E-state index in [1.54, 1.807) is 25.7 Å². The van der Waals surface area contributed by atoms with Gasteiger partial charge < -0.3 is 24.5 Å². The number of rotatable bonds is 10. The van der Waals surface area contributed by atoms with Crippen molar-refractivity contribution in [1.82, 2.24) is 24.7 Å². The zero-order chi connectivity index (χ0) is 27.6. The van der Waals surface area contributed by atoms with E-state index in [2.05, 4.69) is 30.7 Å². The molecule has 5 rings (SSSR count). The lowest BCUT2D eigenvalue weighted by Gasteiger charge is -2.14. The molecule has 3 heterocycles. The minimum absolute atomic E-state index is 0.0946. The lowest BCUT2D eigenvalue weighted by atomic mass is 10.0. The van der Waals surface area contributed by atoms with Gasteiger partial charge in [-0.25, -0.2) is 19.3 Å². The molecular weight excluding hydrogens is 522 g/mol. The number of aromatic nitrogens is 5. The number of halogens is 4. The van der Waals surface area contributed by atoms with Gasteiger partial charge in [0.2, 0.25) is 11.9 Å². The van der Waals surface area contributed by atoms with Gasteiger partial charge in [-0.2, -0.15) is 13.2 Å². The first-order valence-electron chi connectivity index (χ1n) is 11.9. The standard InChI is InChI=1S/C25H23F4N7O3/c1-38-7-6-36-13-21(32-14-36)34-23-30-11-17(12-31-23)15-2-3-16(18(26)8-15)9-22(37)33-20-10-19(39-35-20)24(4-5-24)25(27,28)29/h2-3,8,10-14H,4-7,9H2,1H3,(H,30,31,34)(H,33,35,37). The van der Waals surface area contributed by atoms with E-state index in [1.807, 2.05) is 4.57 Å². The Morgan fingerprint density at radius 2 is 1.90 bits per heavy atom. The number of carbonyl (C=O) groups is 1. The van der Waals surface area contributed by atoms with Crippen molar-refractivity contribution < 1.29 is 31.6 Å². The monoisotopic (exact) mass is 545 g/mol. The lowest BCUT2D eigenvalue weighted by molar-refractivity contribution is -0.165. The number of amides is 1. The van der Waals surface area contributed by atoms with Gasteiger partial charge in [-0.1, -0.05) is 17.3 Å². The number of hydrogen-bond acceptors (Lipinski definition) is 8. The van der Waals surface area contributed by atoms with Crippen molar-refractivity contribution in [2.24, 2.45) is 0 Å². The largest absolute Gasteiger partial charge is 0.401 e. The van der Waals surface area contributed by atoms with Crippen LogP contribution in [0.5, 0.6) is 0 Å². The van der Waals surface area contributed by atoms with Crippen LogP contribution in [0.3, 0.4) is 0 Å². The molecule has 4 aromatic rings. The lowest BCUT2D eigenvalue weighted by Crippen LogP contribution is -2.28. The van der Waals surface area contributed by atoms with Gasteiger partial charge in [0.1, 0.15) is 11.2 Å². The fourth-order valence-electron chi connectivity index (χ4n) is 3.98. The number of carbonyl (C=O) groups excluding carboxylic acids is 1. The number of nitrogens with zero attached hydrogens (tertiary/aromatic N) is 5. The summed E-state index contributed by atoms with van der Waals surface area (Å²) in [7, 11) is 1.62. The molecule has 2 N–H and O–H groups in total. The van der Waals surface area contributed by atoms with Crippen molar-refractivity contribution in [3.05, 3.63) is 66.3 Å². The highest BCUT2D eigenvalue weighted by Gasteiger charge is 2.66. The van der Waals surface area contributed by atoms with Crippen molar-refractivity contribution in [2.45, 2.75) is 37.4 Å². The van der Waals surface area contributed by atoms with Gasteiger partial charge in [0.15, 0.2) is 17.4 Å². The average molecular weight is 545 g/mol. The van der Waals surface area contributed by atoms with Crippen LogP contribution in [0, 0.1) is 5.82 Å². The van der Waals surface area contributed by atoms with Crippen molar-refractivity contribution >= 4 is 23.5 Å². The maximum atomic E-state index is 14.8. The minimum Gasteiger partial charge on any atom is -0.383 e. The second-order valence-corrected chi connectivity index (χ2v) is 9.10. The van der Waals surface area contributed by atoms with Crippen LogP contribution in [0.1, 0.15) is 24.2 Å². The molecule has 1 aliphatic rings. The van der Waals surface area contributed by atoms with Crippen LogP contribution in [-0.4, -0.2) is 50.5 Å². The third-order valence-electron chi connectivity index (χ3n) is 6.36. The normalized spacial score (nSPS) is 14.3. The first kappa shape index (κ1) is 26.3. The predicted molar refractivity (Wildman–Crippen MR) is 131 cm³/mol. The average Bonchev–Trinajstić information content (AvgIpc) is 3.41. The number of benzene rings is 1. The molecule has 1 fully saturated rings. The molecular formula is C25H23F4N7O3. The molecule has 1 amide bonds. The van der Waals surface area contributed by atoms with E-state index in [9.17, 15) is 22.4 Å². The van der Waals surface area contributed by atoms with E-state index in [-0.39, 0.29) is 36.4 Å². The molecule has 0 aliphatic heterocycles. The van der Waals surface area contributed by atoms with E-state index in [4.69, 9.17) is 9.26 Å². The number of anilines is 3. The Labute approximate surface area is 219 Å². The molecule has 0 radical (unpaired) electrons. The summed E-state index contributed by atoms with van der Waals surface area (Å²) in [6.45, 7) is 1.20. The van der Waals surface area contributed by atoms with E-state index in [1.165, 1.54) is 24.5 Å². The molecule has 204 valence electrons. The molecule has 1 aromatic carbocycles. The molecule has 3 aromatic heterocycles. The molecule has 39 heavy (non-hydrogen) atoms. The first-order valence-corrected chi connectivity index (χ1v) is 11.9. The van der Waals surface area contributed by atoms with Crippen LogP contribution in [-0.2, 0) is 27.9 Å². The van der Waals surface area contributed by atoms with Crippen LogP contribution in [0.2, 0.25) is 0 Å². The summed E-state index contributed by atoms with van der Waals surface area (Å²) in [5, 5.41) is 8.85. The predicted octanol–water partition coefficient (Wildman–Crippen LogP) is 4.63. The fourth-order valence-corrected chi connectivity index (χ4v) is 3.98. The van der Waals surface area contributed by atoms with Crippen LogP contribution >= 0.6 is 0 Å². The summed E-state index contributed by atoms with van der Waals surface area (Å²) in [6.07, 6.45) is 1.48. The van der Waals surface area contributed by atoms with Gasteiger partial charge in [-0.15, -0.1) is 0 Å². The van der Waals surface area contributed by atoms with Gasteiger partial charge in [-0.3, -0.25) is 4.79 Å². The van der Waals surface area contributed by atoms with Gasteiger partial charge in [-0.05, 0) is 30.0 Å². The molecule has 10 nitrogen and oxygen atoms in total. The second-order valence-electron chi connectivity index (χ2n) is 9.10. The molecule has 0 spiro atoms. The summed E-state index contributed by atoms with van der Waals surface area (Å²) < 4.78 is 66.2. The van der Waals surface area contributed by atoms with E-state index >= 15 is 0 Å². The Balaban J connectivity index is 1.18. The Morgan fingerprint density at radius 1 is 1.13 bits per heavy atom. The van der Waals surface area contributed by atoms with Gasteiger partial charge in [0, 0.05) is 43.9 Å². The third-order valence-corrected chi connectivity index (χ3v) is 6.36. The van der Waals surface area contributed by atoms with Crippen LogP contribution in [0.25, 0.3) is 11.1 Å². The topological polar surface area (TPSA) is 120 Å². The van der Waals surface area contributed by atoms with E-state index in [0.717, 1.165) is 6.07 Å². The fraction of sp³-hybridized carbons (Fsp3) is 0.320. The van der Waals surface area contributed by atoms with Crippen molar-refractivity contribution in [1.29, 1.82) is 0 Å². The van der Waals surface area contributed by atoms with Crippen molar-refractivity contribution in [2.75, 3.05) is 24.4 Å². The highest BCUT2D eigenvalue weighted by Crippen LogP contribution is 2.59. The number of imidazole rings is 1. The highest BCUT2D eigenvalue weighted by molar-refractivity contribution is 5.91. The summed E-state index contributed by atoms with van der Waals surface area (Å²) >= 11 is 0. The zero-order valence-electron chi connectivity index (χ0n) is 20.6. The highest BCUT2D eigenvalue weighted by atomic mass is 19.4. The Bertz CT molecular complexity index is 1460. The molecule has 0 atom stereocenters. The summed E-state index contributed by atoms with van der Waals surface area (Å²) in [5.74, 6) is -0.927. The Kier molecular flexibility index (Phi) is 7.04. The van der Waals surface area contributed by atoms with Crippen molar-refractivity contribution in [3.8, 4) is 11.1 Å². The maximum absolute atomic E-state index is 14.8. The smallest absolute Gasteiger partial charge is 0.383 e. The van der Waals surface area contributed by atoms with Crippen molar-refractivity contribution in [3.63, 3.8) is 0 Å². The van der Waals surface area contributed by atoms with E-state index in [0.29, 0.717) is 36.0 Å². The van der Waals surface area contributed by atoms with Crippen LogP contribution in [0.15, 0.2) is 53.7 Å². The second kappa shape index (κ2) is 10.4. The maximum Gasteiger partial charge on any atom is 0.401 e. The SMILES string of the molecule is COCCn1cnc(Nc2ncc(-c3ccc(CC(=O)Nc4cc(C5(C(F)(F)F)CC5)on4)c(F)c3)cn2)c1. The summed E-state index contributed by atoms with van der Waals surface area (Å²) in [6, 6.07) is 5.37. The molecule has 1 saturated carbocycles. The minimum atomic E-state index is -4.46. The Hall–Kier alpha value is -4.33. The molecule has 14 heteroatoms. The quantitative estimate of drug-likeness (QED) is 0.277. The molecule has 0 saturated heterocycles. The van der Waals surface area contributed by atoms with E-state index < -0.39 is 23.3 Å². The number of hydrogen-bond donors (Lipinski definition) is 2. The molecule has 0 bridgehead atoms. The summed E-state index contributed by atoms with van der Waals surface area (Å²) in [5.41, 5.74) is -0.905. The number of alkyl halides is 3. The Morgan fingerprint density at radius 3 is 2.56 bits per heavy atom. The third kappa shape index (κ3) is 5.74. The van der Waals surface area contributed by atoms with Gasteiger partial charge in [0.05, 0.1) is 19.4 Å². The number of methoxy groups -OCH3 is 1.